The van der Waals surface area contributed by atoms with E-state index in [1.807, 2.05) is 30.3 Å². The average Bonchev–Trinajstić information content (AvgIpc) is 2.82. The highest BCUT2D eigenvalue weighted by Gasteiger charge is 2.29. The number of ether oxygens (including phenoxy) is 1. The van der Waals surface area contributed by atoms with E-state index in [1.165, 1.54) is 6.08 Å². The van der Waals surface area contributed by atoms with Gasteiger partial charge in [0.05, 0.1) is 23.7 Å². The summed E-state index contributed by atoms with van der Waals surface area (Å²) < 4.78 is 5.40. The Morgan fingerprint density at radius 3 is 2.19 bits per heavy atom. The number of allylic oxidation sites excluding steroid dienone is 4. The van der Waals surface area contributed by atoms with Crippen molar-refractivity contribution in [3.63, 3.8) is 0 Å². The molecule has 32 heavy (non-hydrogen) atoms. The van der Waals surface area contributed by atoms with Crippen molar-refractivity contribution < 1.29 is 14.9 Å². The van der Waals surface area contributed by atoms with E-state index in [4.69, 9.17) is 4.74 Å². The van der Waals surface area contributed by atoms with Gasteiger partial charge in [-0.15, -0.1) is 6.58 Å². The lowest BCUT2D eigenvalue weighted by molar-refractivity contribution is -0.121. The Balaban J connectivity index is 1.51. The third-order valence-corrected chi connectivity index (χ3v) is 4.77. The smallest absolute Gasteiger partial charge is 0.206 e. The first-order valence-corrected chi connectivity index (χ1v) is 10.0. The Hall–Kier alpha value is -3.78. The summed E-state index contributed by atoms with van der Waals surface area (Å²) in [5, 5.41) is 37.8. The molecule has 2 unspecified atom stereocenters. The molecule has 0 aliphatic heterocycles. The van der Waals surface area contributed by atoms with Crippen LogP contribution in [0.1, 0.15) is 0 Å². The molecule has 0 saturated carbocycles. The van der Waals surface area contributed by atoms with Crippen molar-refractivity contribution in [1.82, 2.24) is 0 Å². The van der Waals surface area contributed by atoms with Gasteiger partial charge in [-0.05, 0) is 60.2 Å². The van der Waals surface area contributed by atoms with Gasteiger partial charge in [0, 0.05) is 5.57 Å². The SMILES string of the molecule is C=CCOC1(O)C=CC2=C(N=Nc3ccc(N=Nc4ccccc4)cc3)C(O)C=CC2=C1. The summed E-state index contributed by atoms with van der Waals surface area (Å²) in [6.45, 7) is 3.78. The van der Waals surface area contributed by atoms with Crippen LogP contribution in [0.5, 0.6) is 0 Å². The normalized spacial score (nSPS) is 22.4. The highest BCUT2D eigenvalue weighted by molar-refractivity contribution is 5.58. The summed E-state index contributed by atoms with van der Waals surface area (Å²) in [4.78, 5) is 0. The van der Waals surface area contributed by atoms with Crippen LogP contribution in [0.4, 0.5) is 17.1 Å². The summed E-state index contributed by atoms with van der Waals surface area (Å²) in [5.74, 6) is -1.54. The van der Waals surface area contributed by atoms with Crippen LogP contribution in [0.3, 0.4) is 0 Å². The number of aliphatic hydroxyl groups excluding tert-OH is 1. The molecule has 4 rings (SSSR count). The van der Waals surface area contributed by atoms with Crippen molar-refractivity contribution in [2.45, 2.75) is 11.9 Å². The minimum absolute atomic E-state index is 0.198. The molecule has 160 valence electrons. The minimum Gasteiger partial charge on any atom is -0.383 e. The van der Waals surface area contributed by atoms with Gasteiger partial charge in [-0.1, -0.05) is 36.4 Å². The second-order valence-electron chi connectivity index (χ2n) is 7.14. The van der Waals surface area contributed by atoms with Gasteiger partial charge >= 0.3 is 0 Å². The van der Waals surface area contributed by atoms with E-state index >= 15 is 0 Å². The van der Waals surface area contributed by atoms with E-state index in [9.17, 15) is 10.2 Å². The molecule has 2 atom stereocenters. The molecule has 0 spiro atoms. The topological polar surface area (TPSA) is 99.1 Å². The molecule has 0 saturated heterocycles. The van der Waals surface area contributed by atoms with Gasteiger partial charge in [-0.3, -0.25) is 0 Å². The van der Waals surface area contributed by atoms with Crippen molar-refractivity contribution in [3.05, 3.63) is 114 Å². The Labute approximate surface area is 185 Å². The predicted molar refractivity (Wildman–Crippen MR) is 122 cm³/mol. The number of rotatable bonds is 7. The van der Waals surface area contributed by atoms with Crippen LogP contribution in [0.2, 0.25) is 0 Å². The van der Waals surface area contributed by atoms with Crippen molar-refractivity contribution in [1.29, 1.82) is 0 Å². The molecule has 2 aromatic carbocycles. The summed E-state index contributed by atoms with van der Waals surface area (Å²) in [7, 11) is 0. The van der Waals surface area contributed by atoms with Gasteiger partial charge in [0.1, 0.15) is 11.8 Å². The number of aliphatic hydroxyl groups is 2. The van der Waals surface area contributed by atoms with Crippen LogP contribution in [0, 0.1) is 0 Å². The van der Waals surface area contributed by atoms with Crippen molar-refractivity contribution >= 4 is 17.1 Å². The first-order chi connectivity index (χ1) is 15.6. The third-order valence-electron chi connectivity index (χ3n) is 4.77. The molecular weight excluding hydrogens is 404 g/mol. The van der Waals surface area contributed by atoms with Crippen LogP contribution in [-0.4, -0.2) is 28.7 Å². The Morgan fingerprint density at radius 1 is 0.906 bits per heavy atom. The molecule has 0 bridgehead atoms. The molecule has 0 radical (unpaired) electrons. The highest BCUT2D eigenvalue weighted by Crippen LogP contribution is 2.34. The summed E-state index contributed by atoms with van der Waals surface area (Å²) in [6.07, 6.45) is 8.70. The number of benzene rings is 2. The average molecular weight is 426 g/mol. The number of fused-ring (bicyclic) bond motifs is 1. The molecule has 0 aromatic heterocycles. The Morgan fingerprint density at radius 2 is 1.53 bits per heavy atom. The van der Waals surface area contributed by atoms with E-state index in [0.717, 1.165) is 5.69 Å². The van der Waals surface area contributed by atoms with E-state index < -0.39 is 11.9 Å². The fraction of sp³-hybridized carbons (Fsp3) is 0.120. The minimum atomic E-state index is -1.54. The number of nitrogens with zero attached hydrogens (tertiary/aromatic N) is 4. The quantitative estimate of drug-likeness (QED) is 0.334. The fourth-order valence-electron chi connectivity index (χ4n) is 3.17. The van der Waals surface area contributed by atoms with Crippen LogP contribution in [-0.2, 0) is 4.74 Å². The van der Waals surface area contributed by atoms with Crippen molar-refractivity contribution in [2.75, 3.05) is 6.61 Å². The molecule has 2 N–H and O–H groups in total. The first-order valence-electron chi connectivity index (χ1n) is 10.0. The number of hydrogen-bond acceptors (Lipinski definition) is 7. The Bertz CT molecular complexity index is 1160. The van der Waals surface area contributed by atoms with Crippen molar-refractivity contribution in [3.8, 4) is 0 Å². The first kappa shape index (κ1) is 21.5. The summed E-state index contributed by atoms with van der Waals surface area (Å²) >= 11 is 0. The zero-order valence-electron chi connectivity index (χ0n) is 17.2. The van der Waals surface area contributed by atoms with Crippen LogP contribution in [0.15, 0.2) is 135 Å². The van der Waals surface area contributed by atoms with Crippen LogP contribution >= 0.6 is 0 Å². The van der Waals surface area contributed by atoms with Gasteiger partial charge in [-0.25, -0.2) is 0 Å². The molecule has 0 fully saturated rings. The third kappa shape index (κ3) is 5.09. The standard InChI is InChI=1S/C25H22N4O3/c1-2-16-32-25(31)15-14-22-18(17-25)8-13-23(30)24(22)29-28-21-11-9-20(10-12-21)27-26-19-6-4-3-5-7-19/h2-15,17,23,30-31H,1,16H2. The zero-order valence-corrected chi connectivity index (χ0v) is 17.2. The monoisotopic (exact) mass is 426 g/mol. The largest absolute Gasteiger partial charge is 0.383 e. The molecule has 0 heterocycles. The van der Waals surface area contributed by atoms with E-state index in [2.05, 4.69) is 27.0 Å². The van der Waals surface area contributed by atoms with Gasteiger partial charge in [0.15, 0.2) is 0 Å². The maximum Gasteiger partial charge on any atom is 0.206 e. The van der Waals surface area contributed by atoms with Crippen LogP contribution < -0.4 is 0 Å². The molecule has 2 aliphatic carbocycles. The second-order valence-corrected chi connectivity index (χ2v) is 7.14. The summed E-state index contributed by atoms with van der Waals surface area (Å²) in [5.41, 5.74) is 3.81. The van der Waals surface area contributed by atoms with Gasteiger partial charge in [-0.2, -0.15) is 20.5 Å². The van der Waals surface area contributed by atoms with E-state index in [-0.39, 0.29) is 6.61 Å². The van der Waals surface area contributed by atoms with E-state index in [0.29, 0.717) is 28.2 Å². The van der Waals surface area contributed by atoms with Gasteiger partial charge < -0.3 is 14.9 Å². The molecule has 0 amide bonds. The highest BCUT2D eigenvalue weighted by atomic mass is 16.6. The maximum atomic E-state index is 10.5. The van der Waals surface area contributed by atoms with Gasteiger partial charge in [0.2, 0.25) is 5.79 Å². The lowest BCUT2D eigenvalue weighted by Gasteiger charge is -2.28. The lowest BCUT2D eigenvalue weighted by Crippen LogP contribution is -2.30. The van der Waals surface area contributed by atoms with Gasteiger partial charge in [0.25, 0.3) is 0 Å². The second kappa shape index (κ2) is 9.57. The number of azo groups is 2. The lowest BCUT2D eigenvalue weighted by atomic mass is 9.89. The molecule has 2 aromatic rings. The predicted octanol–water partition coefficient (Wildman–Crippen LogP) is 5.76. The molecule has 2 aliphatic rings. The number of hydrogen-bond donors (Lipinski definition) is 2. The fourth-order valence-corrected chi connectivity index (χ4v) is 3.17. The Kier molecular flexibility index (Phi) is 6.42. The maximum absolute atomic E-state index is 10.5. The van der Waals surface area contributed by atoms with Crippen LogP contribution in [0.25, 0.3) is 0 Å². The summed E-state index contributed by atoms with van der Waals surface area (Å²) in [6, 6.07) is 16.6. The molecule has 7 heteroatoms. The zero-order chi connectivity index (χ0) is 22.4. The molecule has 7 nitrogen and oxygen atoms in total. The molecular formula is C25H22N4O3. The van der Waals surface area contributed by atoms with E-state index in [1.54, 1.807) is 54.6 Å². The van der Waals surface area contributed by atoms with Crippen molar-refractivity contribution in [2.24, 2.45) is 20.5 Å².